The maximum absolute atomic E-state index is 13.6. The first-order valence-corrected chi connectivity index (χ1v) is 9.66. The number of anilines is 4. The van der Waals surface area contributed by atoms with Crippen molar-refractivity contribution in [3.8, 4) is 11.6 Å². The Morgan fingerprint density at radius 1 is 1.03 bits per heavy atom. The summed E-state index contributed by atoms with van der Waals surface area (Å²) in [6.07, 6.45) is 4.39. The first kappa shape index (κ1) is 19.4. The monoisotopic (exact) mass is 429 g/mol. The number of carbonyl (C=O) groups is 1. The number of hydrogen-bond donors (Lipinski definition) is 3. The largest absolute Gasteiger partial charge is 0.437 e. The SMILES string of the molecule is O=C(Nc1ncc(Nc2ncnc3c2NCc2cc(F)ccc2O3)cn1)c1ccccc1. The van der Waals surface area contributed by atoms with Gasteiger partial charge >= 0.3 is 0 Å². The molecule has 0 radical (unpaired) electrons. The second-order valence-electron chi connectivity index (χ2n) is 6.85. The Kier molecular flexibility index (Phi) is 5.00. The van der Waals surface area contributed by atoms with E-state index < -0.39 is 0 Å². The summed E-state index contributed by atoms with van der Waals surface area (Å²) in [5, 5.41) is 8.93. The van der Waals surface area contributed by atoms with E-state index in [2.05, 4.69) is 35.9 Å². The molecular formula is C22H16FN7O2. The van der Waals surface area contributed by atoms with E-state index in [0.29, 0.717) is 46.5 Å². The van der Waals surface area contributed by atoms with E-state index in [-0.39, 0.29) is 17.7 Å². The van der Waals surface area contributed by atoms with Crippen molar-refractivity contribution in [2.75, 3.05) is 16.0 Å². The van der Waals surface area contributed by atoms with Gasteiger partial charge in [0.2, 0.25) is 11.8 Å². The molecule has 4 aromatic rings. The minimum atomic E-state index is -0.346. The molecular weight excluding hydrogens is 413 g/mol. The number of rotatable bonds is 4. The fourth-order valence-corrected chi connectivity index (χ4v) is 3.13. The van der Waals surface area contributed by atoms with Crippen LogP contribution in [0.2, 0.25) is 0 Å². The third-order valence-electron chi connectivity index (χ3n) is 4.67. The van der Waals surface area contributed by atoms with Gasteiger partial charge in [-0.1, -0.05) is 18.2 Å². The second kappa shape index (κ2) is 8.26. The maximum atomic E-state index is 13.6. The van der Waals surface area contributed by atoms with Crippen LogP contribution in [0.4, 0.5) is 27.5 Å². The number of halogens is 1. The Balaban J connectivity index is 1.32. The number of aromatic nitrogens is 4. The van der Waals surface area contributed by atoms with Gasteiger partial charge < -0.3 is 15.4 Å². The average molecular weight is 429 g/mol. The van der Waals surface area contributed by atoms with Gasteiger partial charge in [-0.3, -0.25) is 10.1 Å². The lowest BCUT2D eigenvalue weighted by Gasteiger charge is -2.12. The molecule has 0 saturated carbocycles. The van der Waals surface area contributed by atoms with E-state index in [0.717, 1.165) is 0 Å². The van der Waals surface area contributed by atoms with Crippen molar-refractivity contribution in [2.24, 2.45) is 0 Å². The molecule has 0 atom stereocenters. The number of amides is 1. The Bertz CT molecular complexity index is 1280. The summed E-state index contributed by atoms with van der Waals surface area (Å²) in [6, 6.07) is 13.1. The molecule has 0 saturated heterocycles. The Labute approximate surface area is 181 Å². The number of hydrogen-bond acceptors (Lipinski definition) is 8. The topological polar surface area (TPSA) is 114 Å². The Morgan fingerprint density at radius 3 is 2.66 bits per heavy atom. The molecule has 0 unspecified atom stereocenters. The fourth-order valence-electron chi connectivity index (χ4n) is 3.13. The van der Waals surface area contributed by atoms with Crippen molar-refractivity contribution in [1.82, 2.24) is 19.9 Å². The third kappa shape index (κ3) is 4.01. The van der Waals surface area contributed by atoms with Crippen LogP contribution in [-0.2, 0) is 6.54 Å². The summed E-state index contributed by atoms with van der Waals surface area (Å²) >= 11 is 0. The normalized spacial score (nSPS) is 11.8. The zero-order chi connectivity index (χ0) is 21.9. The highest BCUT2D eigenvalue weighted by molar-refractivity contribution is 6.03. The minimum absolute atomic E-state index is 0.171. The number of carbonyl (C=O) groups excluding carboxylic acids is 1. The molecule has 3 heterocycles. The molecule has 0 spiro atoms. The summed E-state index contributed by atoms with van der Waals surface area (Å²) in [6.45, 7) is 0.336. The summed E-state index contributed by atoms with van der Waals surface area (Å²) in [4.78, 5) is 29.0. The highest BCUT2D eigenvalue weighted by Gasteiger charge is 2.20. The molecule has 0 aliphatic carbocycles. The van der Waals surface area contributed by atoms with E-state index in [9.17, 15) is 9.18 Å². The molecule has 1 aliphatic heterocycles. The number of fused-ring (bicyclic) bond motifs is 2. The molecule has 10 heteroatoms. The molecule has 0 fully saturated rings. The molecule has 9 nitrogen and oxygen atoms in total. The molecule has 1 amide bonds. The van der Waals surface area contributed by atoms with Crippen molar-refractivity contribution in [3.63, 3.8) is 0 Å². The molecule has 1 aliphatic rings. The van der Waals surface area contributed by atoms with Gasteiger partial charge in [0.15, 0.2) is 5.82 Å². The van der Waals surface area contributed by atoms with Gasteiger partial charge in [0.05, 0.1) is 18.1 Å². The lowest BCUT2D eigenvalue weighted by molar-refractivity contribution is 0.102. The number of ether oxygens (including phenoxy) is 1. The first-order chi connectivity index (χ1) is 15.7. The van der Waals surface area contributed by atoms with Gasteiger partial charge in [0, 0.05) is 17.7 Å². The van der Waals surface area contributed by atoms with Crippen LogP contribution in [0.3, 0.4) is 0 Å². The van der Waals surface area contributed by atoms with Crippen LogP contribution in [0.1, 0.15) is 15.9 Å². The van der Waals surface area contributed by atoms with Crippen molar-refractivity contribution < 1.29 is 13.9 Å². The third-order valence-corrected chi connectivity index (χ3v) is 4.67. The summed E-state index contributed by atoms with van der Waals surface area (Å²) in [7, 11) is 0. The second-order valence-corrected chi connectivity index (χ2v) is 6.85. The highest BCUT2D eigenvalue weighted by Crippen LogP contribution is 2.38. The van der Waals surface area contributed by atoms with Crippen LogP contribution >= 0.6 is 0 Å². The molecule has 2 aromatic heterocycles. The van der Waals surface area contributed by atoms with E-state index in [4.69, 9.17) is 4.74 Å². The zero-order valence-corrected chi connectivity index (χ0v) is 16.5. The number of benzene rings is 2. The molecule has 158 valence electrons. The van der Waals surface area contributed by atoms with E-state index in [1.54, 1.807) is 30.3 Å². The average Bonchev–Trinajstić information content (AvgIpc) is 3.00. The van der Waals surface area contributed by atoms with Gasteiger partial charge in [-0.2, -0.15) is 4.98 Å². The minimum Gasteiger partial charge on any atom is -0.437 e. The predicted octanol–water partition coefficient (Wildman–Crippen LogP) is 4.12. The fraction of sp³-hybridized carbons (Fsp3) is 0.0455. The highest BCUT2D eigenvalue weighted by atomic mass is 19.1. The Hall–Kier alpha value is -4.60. The molecule has 2 aromatic carbocycles. The summed E-state index contributed by atoms with van der Waals surface area (Å²) in [5.74, 6) is 0.786. The van der Waals surface area contributed by atoms with Gasteiger partial charge in [-0.15, -0.1) is 0 Å². The standard InChI is InChI=1S/C22H16FN7O2/c23-15-6-7-17-14(8-15)9-24-18-19(27-12-28-21(18)32-17)29-16-10-25-22(26-11-16)30-20(31)13-4-2-1-3-5-13/h1-8,10-12,24H,9H2,(H,27,28,29)(H,25,26,30,31). The number of nitrogens with one attached hydrogen (secondary N) is 3. The quantitative estimate of drug-likeness (QED) is 0.444. The smallest absolute Gasteiger partial charge is 0.258 e. The van der Waals surface area contributed by atoms with Crippen molar-refractivity contribution in [1.29, 1.82) is 0 Å². The van der Waals surface area contributed by atoms with Gasteiger partial charge in [-0.05, 0) is 30.3 Å². The van der Waals surface area contributed by atoms with Crippen LogP contribution in [0, 0.1) is 5.82 Å². The summed E-state index contributed by atoms with van der Waals surface area (Å²) in [5.41, 5.74) is 2.23. The van der Waals surface area contributed by atoms with E-state index in [1.807, 2.05) is 6.07 Å². The number of nitrogens with zero attached hydrogens (tertiary/aromatic N) is 4. The first-order valence-electron chi connectivity index (χ1n) is 9.66. The molecule has 32 heavy (non-hydrogen) atoms. The Morgan fingerprint density at radius 2 is 1.84 bits per heavy atom. The summed E-state index contributed by atoms with van der Waals surface area (Å²) < 4.78 is 19.4. The lowest BCUT2D eigenvalue weighted by Crippen LogP contribution is -2.14. The molecule has 0 bridgehead atoms. The van der Waals surface area contributed by atoms with E-state index in [1.165, 1.54) is 30.9 Å². The lowest BCUT2D eigenvalue weighted by atomic mass is 10.2. The molecule has 3 N–H and O–H groups in total. The van der Waals surface area contributed by atoms with Crippen molar-refractivity contribution in [3.05, 3.63) is 84.2 Å². The van der Waals surface area contributed by atoms with Crippen LogP contribution in [0.15, 0.2) is 67.3 Å². The molecule has 5 rings (SSSR count). The maximum Gasteiger partial charge on any atom is 0.258 e. The van der Waals surface area contributed by atoms with Gasteiger partial charge in [0.25, 0.3) is 5.91 Å². The van der Waals surface area contributed by atoms with Crippen LogP contribution < -0.4 is 20.7 Å². The van der Waals surface area contributed by atoms with Gasteiger partial charge in [-0.25, -0.2) is 19.3 Å². The van der Waals surface area contributed by atoms with Crippen molar-refractivity contribution in [2.45, 2.75) is 6.54 Å². The van der Waals surface area contributed by atoms with E-state index >= 15 is 0 Å². The van der Waals surface area contributed by atoms with Crippen LogP contribution in [-0.4, -0.2) is 25.8 Å². The van der Waals surface area contributed by atoms with Crippen LogP contribution in [0.5, 0.6) is 11.6 Å². The van der Waals surface area contributed by atoms with Gasteiger partial charge in [0.1, 0.15) is 23.6 Å². The van der Waals surface area contributed by atoms with Crippen molar-refractivity contribution >= 4 is 29.0 Å². The van der Waals surface area contributed by atoms with Crippen LogP contribution in [0.25, 0.3) is 0 Å². The predicted molar refractivity (Wildman–Crippen MR) is 116 cm³/mol. The zero-order valence-electron chi connectivity index (χ0n) is 16.5.